The largest absolute Gasteiger partial charge is 0.378 e. The zero-order valence-corrected chi connectivity index (χ0v) is 18.3. The van der Waals surface area contributed by atoms with Crippen LogP contribution in [0.1, 0.15) is 15.9 Å². The van der Waals surface area contributed by atoms with Crippen LogP contribution in [0.4, 0.5) is 5.69 Å². The van der Waals surface area contributed by atoms with Crippen LogP contribution in [0, 0.1) is 0 Å². The predicted octanol–water partition coefficient (Wildman–Crippen LogP) is 5.27. The van der Waals surface area contributed by atoms with Gasteiger partial charge in [0, 0.05) is 41.7 Å². The summed E-state index contributed by atoms with van der Waals surface area (Å²) in [5.41, 5.74) is 5.50. The lowest BCUT2D eigenvalue weighted by atomic mass is 10.1. The van der Waals surface area contributed by atoms with E-state index in [9.17, 15) is 4.79 Å². The van der Waals surface area contributed by atoms with Gasteiger partial charge in [-0.2, -0.15) is 5.10 Å². The van der Waals surface area contributed by atoms with Crippen molar-refractivity contribution in [2.75, 3.05) is 31.2 Å². The summed E-state index contributed by atoms with van der Waals surface area (Å²) in [4.78, 5) is 15.2. The number of nitrogens with zero attached hydrogens (tertiary/aromatic N) is 3. The summed E-state index contributed by atoms with van der Waals surface area (Å²) >= 11 is 0. The van der Waals surface area contributed by atoms with E-state index in [0.717, 1.165) is 54.5 Å². The maximum atomic E-state index is 12.9. The average molecular weight is 436 g/mol. The number of aromatic nitrogens is 2. The topological polar surface area (TPSA) is 47.4 Å². The molecule has 0 bridgehead atoms. The molecule has 5 heteroatoms. The first-order valence-electron chi connectivity index (χ1n) is 11.1. The quantitative estimate of drug-likeness (QED) is 0.306. The molecule has 0 saturated carbocycles. The molecule has 0 amide bonds. The molecule has 0 radical (unpaired) electrons. The normalized spacial score (nSPS) is 14.0. The van der Waals surface area contributed by atoms with Crippen molar-refractivity contribution in [2.45, 2.75) is 0 Å². The van der Waals surface area contributed by atoms with Gasteiger partial charge < -0.3 is 9.64 Å². The molecule has 0 spiro atoms. The average Bonchev–Trinajstić information content (AvgIpc) is 3.33. The Morgan fingerprint density at radius 2 is 1.48 bits per heavy atom. The molecule has 5 rings (SSSR count). The minimum absolute atomic E-state index is 0.0324. The molecule has 5 nitrogen and oxygen atoms in total. The maximum absolute atomic E-state index is 12.9. The zero-order chi connectivity index (χ0) is 22.5. The number of morpholine rings is 1. The first-order valence-corrected chi connectivity index (χ1v) is 11.1. The number of allylic oxidation sites excluding steroid dienone is 1. The molecule has 164 valence electrons. The van der Waals surface area contributed by atoms with Gasteiger partial charge in [0.2, 0.25) is 0 Å². The van der Waals surface area contributed by atoms with E-state index in [4.69, 9.17) is 9.84 Å². The van der Waals surface area contributed by atoms with Crippen LogP contribution >= 0.6 is 0 Å². The van der Waals surface area contributed by atoms with Gasteiger partial charge in [-0.15, -0.1) is 0 Å². The summed E-state index contributed by atoms with van der Waals surface area (Å²) in [7, 11) is 0. The molecule has 0 N–H and O–H groups in total. The van der Waals surface area contributed by atoms with Crippen LogP contribution in [-0.4, -0.2) is 41.9 Å². The fourth-order valence-corrected chi connectivity index (χ4v) is 3.96. The first-order chi connectivity index (χ1) is 16.3. The maximum Gasteiger partial charge on any atom is 0.185 e. The van der Waals surface area contributed by atoms with Crippen LogP contribution in [0.5, 0.6) is 0 Å². The van der Waals surface area contributed by atoms with Crippen LogP contribution in [0.3, 0.4) is 0 Å². The Morgan fingerprint density at radius 1 is 0.818 bits per heavy atom. The highest BCUT2D eigenvalue weighted by atomic mass is 16.5. The van der Waals surface area contributed by atoms with Crippen molar-refractivity contribution in [3.05, 3.63) is 108 Å². The second-order valence-corrected chi connectivity index (χ2v) is 7.92. The van der Waals surface area contributed by atoms with E-state index >= 15 is 0 Å². The van der Waals surface area contributed by atoms with Crippen LogP contribution < -0.4 is 4.90 Å². The fourth-order valence-electron chi connectivity index (χ4n) is 3.96. The zero-order valence-electron chi connectivity index (χ0n) is 18.3. The standard InChI is InChI=1S/C28H25N3O2/c32-27(22-11-14-25(15-12-22)30-17-19-33-20-18-30)16-13-24-21-31(26-9-5-2-6-10-26)29-28(24)23-7-3-1-4-8-23/h1-16,21H,17-20H2/b16-13+. The summed E-state index contributed by atoms with van der Waals surface area (Å²) in [6.45, 7) is 3.23. The molecular weight excluding hydrogens is 410 g/mol. The SMILES string of the molecule is O=C(/C=C/c1cn(-c2ccccc2)nc1-c1ccccc1)c1ccc(N2CCOCC2)cc1. The Balaban J connectivity index is 1.40. The Kier molecular flexibility index (Phi) is 6.13. The van der Waals surface area contributed by atoms with Gasteiger partial charge in [-0.1, -0.05) is 48.5 Å². The number of para-hydroxylation sites is 1. The highest BCUT2D eigenvalue weighted by Crippen LogP contribution is 2.25. The van der Waals surface area contributed by atoms with Crippen LogP contribution in [0.2, 0.25) is 0 Å². The van der Waals surface area contributed by atoms with Crippen molar-refractivity contribution in [1.29, 1.82) is 0 Å². The third-order valence-electron chi connectivity index (χ3n) is 5.75. The number of ketones is 1. The highest BCUT2D eigenvalue weighted by Gasteiger charge is 2.13. The number of ether oxygens (including phenoxy) is 1. The van der Waals surface area contributed by atoms with E-state index < -0.39 is 0 Å². The number of benzene rings is 3. The van der Waals surface area contributed by atoms with E-state index in [1.54, 1.807) is 6.08 Å². The molecule has 1 aromatic heterocycles. The van der Waals surface area contributed by atoms with Gasteiger partial charge in [-0.25, -0.2) is 4.68 Å². The van der Waals surface area contributed by atoms with Gasteiger partial charge in [-0.05, 0) is 48.6 Å². The summed E-state index contributed by atoms with van der Waals surface area (Å²) in [5, 5.41) is 4.80. The van der Waals surface area contributed by atoms with E-state index in [0.29, 0.717) is 5.56 Å². The molecule has 4 aromatic rings. The number of rotatable bonds is 6. The van der Waals surface area contributed by atoms with E-state index in [-0.39, 0.29) is 5.78 Å². The lowest BCUT2D eigenvalue weighted by Crippen LogP contribution is -2.36. The van der Waals surface area contributed by atoms with Crippen molar-refractivity contribution < 1.29 is 9.53 Å². The molecular formula is C28H25N3O2. The third kappa shape index (κ3) is 4.78. The predicted molar refractivity (Wildman–Crippen MR) is 132 cm³/mol. The van der Waals surface area contributed by atoms with Gasteiger partial charge in [0.05, 0.1) is 24.6 Å². The molecule has 33 heavy (non-hydrogen) atoms. The number of carbonyl (C=O) groups is 1. The summed E-state index contributed by atoms with van der Waals surface area (Å²) < 4.78 is 7.27. The number of hydrogen-bond donors (Lipinski definition) is 0. The first kappa shape index (κ1) is 20.9. The molecule has 2 heterocycles. The Bertz CT molecular complexity index is 1240. The van der Waals surface area contributed by atoms with Crippen molar-refractivity contribution >= 4 is 17.5 Å². The lowest BCUT2D eigenvalue weighted by molar-refractivity contribution is 0.104. The fraction of sp³-hybridized carbons (Fsp3) is 0.143. The van der Waals surface area contributed by atoms with Crippen LogP contribution in [0.15, 0.2) is 97.2 Å². The van der Waals surface area contributed by atoms with Crippen molar-refractivity contribution in [3.8, 4) is 16.9 Å². The van der Waals surface area contributed by atoms with E-state index in [1.807, 2.05) is 102 Å². The number of hydrogen-bond acceptors (Lipinski definition) is 4. The van der Waals surface area contributed by atoms with Gasteiger partial charge in [0.25, 0.3) is 0 Å². The highest BCUT2D eigenvalue weighted by molar-refractivity contribution is 6.07. The summed E-state index contributed by atoms with van der Waals surface area (Å²) in [6, 6.07) is 27.8. The number of anilines is 1. The second-order valence-electron chi connectivity index (χ2n) is 7.92. The Labute approximate surface area is 193 Å². The van der Waals surface area contributed by atoms with Gasteiger partial charge in [-0.3, -0.25) is 4.79 Å². The Hall–Kier alpha value is -3.96. The molecule has 0 unspecified atom stereocenters. The molecule has 0 atom stereocenters. The Morgan fingerprint density at radius 3 is 2.18 bits per heavy atom. The minimum atomic E-state index is -0.0324. The summed E-state index contributed by atoms with van der Waals surface area (Å²) in [5.74, 6) is -0.0324. The van der Waals surface area contributed by atoms with E-state index in [1.165, 1.54) is 0 Å². The van der Waals surface area contributed by atoms with Crippen molar-refractivity contribution in [2.24, 2.45) is 0 Å². The van der Waals surface area contributed by atoms with E-state index in [2.05, 4.69) is 4.90 Å². The van der Waals surface area contributed by atoms with Crippen molar-refractivity contribution in [3.63, 3.8) is 0 Å². The molecule has 1 fully saturated rings. The van der Waals surface area contributed by atoms with Crippen LogP contribution in [0.25, 0.3) is 23.0 Å². The third-order valence-corrected chi connectivity index (χ3v) is 5.75. The molecule has 3 aromatic carbocycles. The van der Waals surface area contributed by atoms with Gasteiger partial charge in [0.1, 0.15) is 0 Å². The van der Waals surface area contributed by atoms with Gasteiger partial charge in [0.15, 0.2) is 5.78 Å². The summed E-state index contributed by atoms with van der Waals surface area (Å²) in [6.07, 6.45) is 5.44. The monoisotopic (exact) mass is 435 g/mol. The van der Waals surface area contributed by atoms with Gasteiger partial charge >= 0.3 is 0 Å². The molecule has 0 aliphatic carbocycles. The van der Waals surface area contributed by atoms with Crippen molar-refractivity contribution in [1.82, 2.24) is 9.78 Å². The smallest absolute Gasteiger partial charge is 0.185 e. The lowest BCUT2D eigenvalue weighted by Gasteiger charge is -2.28. The van der Waals surface area contributed by atoms with Crippen LogP contribution in [-0.2, 0) is 4.74 Å². The molecule has 1 saturated heterocycles. The second kappa shape index (κ2) is 9.67. The molecule has 1 aliphatic heterocycles. The minimum Gasteiger partial charge on any atom is -0.378 e. The molecule has 1 aliphatic rings. The number of carbonyl (C=O) groups excluding carboxylic acids is 1.